The van der Waals surface area contributed by atoms with Gasteiger partial charge in [0.2, 0.25) is 5.89 Å². The molecule has 86 valence electrons. The van der Waals surface area contributed by atoms with Crippen molar-refractivity contribution in [2.75, 3.05) is 6.54 Å². The summed E-state index contributed by atoms with van der Waals surface area (Å²) in [6.07, 6.45) is 4.83. The van der Waals surface area contributed by atoms with Crippen LogP contribution in [0.4, 0.5) is 0 Å². The number of aromatic nitrogens is 2. The van der Waals surface area contributed by atoms with E-state index in [2.05, 4.69) is 10.1 Å². The maximum Gasteiger partial charge on any atom is 0.227 e. The predicted octanol–water partition coefficient (Wildman–Crippen LogP) is 0.721. The number of nitrogens with zero attached hydrogens (tertiary/aromatic N) is 2. The van der Waals surface area contributed by atoms with Gasteiger partial charge >= 0.3 is 0 Å². The fraction of sp³-hybridized carbons (Fsp3) is 0.778. The molecule has 1 saturated carbocycles. The molecule has 0 saturated heterocycles. The van der Waals surface area contributed by atoms with Gasteiger partial charge in [0, 0.05) is 13.0 Å². The van der Waals surface area contributed by atoms with E-state index in [0.717, 1.165) is 25.7 Å². The molecule has 0 aromatic carbocycles. The van der Waals surface area contributed by atoms with Crippen LogP contribution >= 0.6 is 12.4 Å². The molecule has 1 aromatic rings. The van der Waals surface area contributed by atoms with Crippen LogP contribution in [0, 0.1) is 0 Å². The fourth-order valence-electron chi connectivity index (χ4n) is 1.91. The highest BCUT2D eigenvalue weighted by molar-refractivity contribution is 5.85. The van der Waals surface area contributed by atoms with Crippen molar-refractivity contribution in [2.45, 2.75) is 37.6 Å². The first-order valence-corrected chi connectivity index (χ1v) is 5.07. The lowest BCUT2D eigenvalue weighted by atomic mass is 9.99. The highest BCUT2D eigenvalue weighted by Crippen LogP contribution is 2.34. The van der Waals surface area contributed by atoms with Gasteiger partial charge < -0.3 is 16.0 Å². The highest BCUT2D eigenvalue weighted by Gasteiger charge is 2.35. The summed E-state index contributed by atoms with van der Waals surface area (Å²) in [6.45, 7) is 0.527. The Hall–Kier alpha value is -0.650. The molecule has 1 aromatic heterocycles. The summed E-state index contributed by atoms with van der Waals surface area (Å²) in [6, 6.07) is 0. The fourth-order valence-corrected chi connectivity index (χ4v) is 1.91. The van der Waals surface area contributed by atoms with Gasteiger partial charge in [0.1, 0.15) is 0 Å². The minimum Gasteiger partial charge on any atom is -0.339 e. The zero-order valence-electron chi connectivity index (χ0n) is 8.61. The largest absolute Gasteiger partial charge is 0.339 e. The molecule has 0 radical (unpaired) electrons. The zero-order valence-corrected chi connectivity index (χ0v) is 9.42. The van der Waals surface area contributed by atoms with Gasteiger partial charge in [0.05, 0.1) is 5.54 Å². The normalized spacial score (nSPS) is 18.8. The maximum absolute atomic E-state index is 6.17. The number of hydrogen-bond acceptors (Lipinski definition) is 5. The Kier molecular flexibility index (Phi) is 4.07. The summed E-state index contributed by atoms with van der Waals surface area (Å²) in [5.41, 5.74) is 11.2. The average molecular weight is 233 g/mol. The second-order valence-electron chi connectivity index (χ2n) is 3.91. The minimum absolute atomic E-state index is 0. The molecule has 4 N–H and O–H groups in total. The van der Waals surface area contributed by atoms with E-state index in [1.807, 2.05) is 0 Å². The Morgan fingerprint density at radius 1 is 1.33 bits per heavy atom. The summed E-state index contributed by atoms with van der Waals surface area (Å²) in [7, 11) is 0. The van der Waals surface area contributed by atoms with Crippen LogP contribution in [0.2, 0.25) is 0 Å². The lowest BCUT2D eigenvalue weighted by Gasteiger charge is -2.17. The van der Waals surface area contributed by atoms with Crippen molar-refractivity contribution in [3.05, 3.63) is 11.7 Å². The minimum atomic E-state index is -0.351. The lowest BCUT2D eigenvalue weighted by Crippen LogP contribution is -2.34. The molecular formula is C9H17ClN4O. The zero-order chi connectivity index (χ0) is 10.0. The third-order valence-corrected chi connectivity index (χ3v) is 2.77. The summed E-state index contributed by atoms with van der Waals surface area (Å²) < 4.78 is 5.06. The second kappa shape index (κ2) is 4.92. The monoisotopic (exact) mass is 232 g/mol. The smallest absolute Gasteiger partial charge is 0.227 e. The Morgan fingerprint density at radius 2 is 2.00 bits per heavy atom. The molecule has 1 aliphatic carbocycles. The van der Waals surface area contributed by atoms with Crippen molar-refractivity contribution < 1.29 is 4.52 Å². The van der Waals surface area contributed by atoms with E-state index >= 15 is 0 Å². The van der Waals surface area contributed by atoms with Crippen LogP contribution in [-0.2, 0) is 12.0 Å². The molecule has 1 heterocycles. The van der Waals surface area contributed by atoms with Gasteiger partial charge in [0.25, 0.3) is 0 Å². The first kappa shape index (κ1) is 12.4. The molecule has 15 heavy (non-hydrogen) atoms. The van der Waals surface area contributed by atoms with Gasteiger partial charge in [0.15, 0.2) is 5.82 Å². The topological polar surface area (TPSA) is 91.0 Å². The quantitative estimate of drug-likeness (QED) is 0.802. The van der Waals surface area contributed by atoms with E-state index in [0.29, 0.717) is 24.7 Å². The van der Waals surface area contributed by atoms with Crippen LogP contribution < -0.4 is 11.5 Å². The van der Waals surface area contributed by atoms with Crippen LogP contribution in [-0.4, -0.2) is 16.7 Å². The third-order valence-electron chi connectivity index (χ3n) is 2.77. The molecular weight excluding hydrogens is 216 g/mol. The van der Waals surface area contributed by atoms with Crippen LogP contribution in [0.5, 0.6) is 0 Å². The van der Waals surface area contributed by atoms with Gasteiger partial charge in [-0.1, -0.05) is 18.0 Å². The van der Waals surface area contributed by atoms with E-state index in [1.54, 1.807) is 0 Å². The number of rotatable bonds is 3. The molecule has 0 unspecified atom stereocenters. The molecule has 1 aliphatic rings. The standard InChI is InChI=1S/C9H16N4O.ClH/c10-6-3-7-12-8(13-14-7)9(11)4-1-2-5-9;/h1-6,10-11H2;1H. The van der Waals surface area contributed by atoms with Crippen LogP contribution in [0.3, 0.4) is 0 Å². The first-order valence-electron chi connectivity index (χ1n) is 5.07. The van der Waals surface area contributed by atoms with Gasteiger partial charge in [-0.3, -0.25) is 0 Å². The molecule has 0 amide bonds. The van der Waals surface area contributed by atoms with Crippen LogP contribution in [0.1, 0.15) is 37.4 Å². The Bertz CT molecular complexity index is 309. The lowest BCUT2D eigenvalue weighted by molar-refractivity contribution is 0.349. The van der Waals surface area contributed by atoms with Crippen molar-refractivity contribution in [2.24, 2.45) is 11.5 Å². The van der Waals surface area contributed by atoms with E-state index in [4.69, 9.17) is 16.0 Å². The van der Waals surface area contributed by atoms with E-state index in [9.17, 15) is 0 Å². The van der Waals surface area contributed by atoms with E-state index < -0.39 is 0 Å². The highest BCUT2D eigenvalue weighted by atomic mass is 35.5. The summed E-state index contributed by atoms with van der Waals surface area (Å²) >= 11 is 0. The predicted molar refractivity (Wildman–Crippen MR) is 58.6 cm³/mol. The third kappa shape index (κ3) is 2.48. The van der Waals surface area contributed by atoms with E-state index in [1.165, 1.54) is 0 Å². The number of nitrogens with two attached hydrogens (primary N) is 2. The van der Waals surface area contributed by atoms with Gasteiger partial charge in [-0.15, -0.1) is 12.4 Å². The molecule has 0 aliphatic heterocycles. The van der Waals surface area contributed by atoms with Crippen LogP contribution in [0.25, 0.3) is 0 Å². The maximum atomic E-state index is 6.17. The van der Waals surface area contributed by atoms with Crippen molar-refractivity contribution in [1.82, 2.24) is 10.1 Å². The molecule has 6 heteroatoms. The Balaban J connectivity index is 0.00000112. The van der Waals surface area contributed by atoms with Crippen molar-refractivity contribution in [3.8, 4) is 0 Å². The Morgan fingerprint density at radius 3 is 2.60 bits per heavy atom. The van der Waals surface area contributed by atoms with E-state index in [-0.39, 0.29) is 17.9 Å². The van der Waals surface area contributed by atoms with Crippen molar-refractivity contribution in [1.29, 1.82) is 0 Å². The SMILES string of the molecule is Cl.NCCc1nc(C2(N)CCCC2)no1. The molecule has 1 fully saturated rings. The van der Waals surface area contributed by atoms with Crippen molar-refractivity contribution in [3.63, 3.8) is 0 Å². The number of hydrogen-bond donors (Lipinski definition) is 2. The molecule has 5 nitrogen and oxygen atoms in total. The first-order chi connectivity index (χ1) is 6.74. The number of halogens is 1. The van der Waals surface area contributed by atoms with Gasteiger partial charge in [-0.25, -0.2) is 0 Å². The van der Waals surface area contributed by atoms with Crippen molar-refractivity contribution >= 4 is 12.4 Å². The summed E-state index contributed by atoms with van der Waals surface area (Å²) in [5.74, 6) is 1.25. The molecule has 0 atom stereocenters. The van der Waals surface area contributed by atoms with Gasteiger partial charge in [-0.2, -0.15) is 4.98 Å². The molecule has 2 rings (SSSR count). The average Bonchev–Trinajstić information content (AvgIpc) is 2.75. The Labute approximate surface area is 95.0 Å². The van der Waals surface area contributed by atoms with Gasteiger partial charge in [-0.05, 0) is 12.8 Å². The second-order valence-corrected chi connectivity index (χ2v) is 3.91. The summed E-state index contributed by atoms with van der Waals surface area (Å²) in [5, 5.41) is 3.92. The molecule has 0 spiro atoms. The van der Waals surface area contributed by atoms with Crippen LogP contribution in [0.15, 0.2) is 4.52 Å². The molecule has 0 bridgehead atoms. The summed E-state index contributed by atoms with van der Waals surface area (Å²) in [4.78, 5) is 4.27.